The van der Waals surface area contributed by atoms with Crippen LogP contribution in [0.15, 0.2) is 21.8 Å². The molecule has 1 unspecified atom stereocenters. The van der Waals surface area contributed by atoms with Gasteiger partial charge in [0, 0.05) is 26.2 Å². The molecule has 0 saturated heterocycles. The Kier molecular flexibility index (Phi) is 11.9. The zero-order chi connectivity index (χ0) is 15.7. The molecule has 1 aromatic rings. The number of rotatable bonds is 8. The van der Waals surface area contributed by atoms with Crippen LogP contribution < -0.4 is 10.6 Å². The standard InChI is InChI=1S/C16H30N4S.HI/c1-6-14(7-2)15(20(4)5)11-19-16(17-3)18-10-13-8-9-21-12-13;/h8-9,12,14-15H,6-7,10-11H2,1-5H3,(H2,17,18,19);1H. The van der Waals surface area contributed by atoms with Crippen LogP contribution in [-0.4, -0.2) is 44.6 Å². The van der Waals surface area contributed by atoms with E-state index >= 15 is 0 Å². The van der Waals surface area contributed by atoms with Crippen LogP contribution >= 0.6 is 35.3 Å². The molecule has 1 heterocycles. The molecule has 22 heavy (non-hydrogen) atoms. The zero-order valence-electron chi connectivity index (χ0n) is 14.4. The van der Waals surface area contributed by atoms with E-state index in [2.05, 4.69) is 65.3 Å². The van der Waals surface area contributed by atoms with Crippen molar-refractivity contribution in [1.29, 1.82) is 0 Å². The third-order valence-corrected chi connectivity index (χ3v) is 4.73. The quantitative estimate of drug-likeness (QED) is 0.371. The molecule has 1 atom stereocenters. The average Bonchev–Trinajstić information content (AvgIpc) is 2.99. The first-order valence-electron chi connectivity index (χ1n) is 7.74. The molecule has 0 aliphatic carbocycles. The predicted octanol–water partition coefficient (Wildman–Crippen LogP) is 3.40. The van der Waals surface area contributed by atoms with Gasteiger partial charge in [0.15, 0.2) is 5.96 Å². The van der Waals surface area contributed by atoms with Gasteiger partial charge < -0.3 is 15.5 Å². The van der Waals surface area contributed by atoms with E-state index in [0.717, 1.165) is 19.0 Å². The highest BCUT2D eigenvalue weighted by atomic mass is 127. The van der Waals surface area contributed by atoms with Gasteiger partial charge in [-0.3, -0.25) is 4.99 Å². The molecule has 0 amide bonds. The van der Waals surface area contributed by atoms with Crippen molar-refractivity contribution in [3.05, 3.63) is 22.4 Å². The van der Waals surface area contributed by atoms with Crippen molar-refractivity contribution in [3.63, 3.8) is 0 Å². The molecule has 0 spiro atoms. The van der Waals surface area contributed by atoms with Crippen LogP contribution in [0.2, 0.25) is 0 Å². The molecule has 2 N–H and O–H groups in total. The van der Waals surface area contributed by atoms with Crippen molar-refractivity contribution in [2.24, 2.45) is 10.9 Å². The number of hydrogen-bond donors (Lipinski definition) is 2. The fourth-order valence-corrected chi connectivity index (χ4v) is 3.27. The fourth-order valence-electron chi connectivity index (χ4n) is 2.60. The van der Waals surface area contributed by atoms with Gasteiger partial charge in [-0.15, -0.1) is 24.0 Å². The Labute approximate surface area is 156 Å². The third-order valence-electron chi connectivity index (χ3n) is 4.00. The van der Waals surface area contributed by atoms with Crippen LogP contribution in [0.25, 0.3) is 0 Å². The number of halogens is 1. The topological polar surface area (TPSA) is 39.7 Å². The minimum Gasteiger partial charge on any atom is -0.355 e. The Morgan fingerprint density at radius 2 is 1.95 bits per heavy atom. The third kappa shape index (κ3) is 7.28. The van der Waals surface area contributed by atoms with Gasteiger partial charge in [0.05, 0.1) is 0 Å². The van der Waals surface area contributed by atoms with Crippen LogP contribution in [0.4, 0.5) is 0 Å². The summed E-state index contributed by atoms with van der Waals surface area (Å²) < 4.78 is 0. The molecule has 6 heteroatoms. The smallest absolute Gasteiger partial charge is 0.191 e. The van der Waals surface area contributed by atoms with Gasteiger partial charge in [0.25, 0.3) is 0 Å². The van der Waals surface area contributed by atoms with Crippen molar-refractivity contribution in [3.8, 4) is 0 Å². The highest BCUT2D eigenvalue weighted by Gasteiger charge is 2.20. The Morgan fingerprint density at radius 3 is 2.41 bits per heavy atom. The molecule has 0 aromatic carbocycles. The van der Waals surface area contributed by atoms with Gasteiger partial charge >= 0.3 is 0 Å². The number of guanidine groups is 1. The summed E-state index contributed by atoms with van der Waals surface area (Å²) >= 11 is 1.72. The average molecular weight is 438 g/mol. The van der Waals surface area contributed by atoms with E-state index in [4.69, 9.17) is 0 Å². The van der Waals surface area contributed by atoms with E-state index in [0.29, 0.717) is 12.0 Å². The number of aliphatic imine (C=N–C) groups is 1. The number of nitrogens with one attached hydrogen (secondary N) is 2. The zero-order valence-corrected chi connectivity index (χ0v) is 17.6. The summed E-state index contributed by atoms with van der Waals surface area (Å²) in [6, 6.07) is 2.66. The molecule has 0 aliphatic rings. The number of likely N-dealkylation sites (N-methyl/N-ethyl adjacent to an activating group) is 1. The van der Waals surface area contributed by atoms with Gasteiger partial charge in [-0.2, -0.15) is 11.3 Å². The lowest BCUT2D eigenvalue weighted by atomic mass is 9.93. The molecular weight excluding hydrogens is 407 g/mol. The van der Waals surface area contributed by atoms with Crippen molar-refractivity contribution >= 4 is 41.3 Å². The van der Waals surface area contributed by atoms with Crippen LogP contribution in [0.5, 0.6) is 0 Å². The summed E-state index contributed by atoms with van der Waals surface area (Å²) in [7, 11) is 6.14. The SMILES string of the molecule is CCC(CC)C(CNC(=NC)NCc1ccsc1)N(C)C.I. The lowest BCUT2D eigenvalue weighted by molar-refractivity contribution is 0.200. The summed E-state index contributed by atoms with van der Waals surface area (Å²) in [5, 5.41) is 11.1. The van der Waals surface area contributed by atoms with Crippen molar-refractivity contribution in [1.82, 2.24) is 15.5 Å². The molecule has 4 nitrogen and oxygen atoms in total. The summed E-state index contributed by atoms with van der Waals surface area (Å²) in [4.78, 5) is 6.63. The molecule has 0 radical (unpaired) electrons. The lowest BCUT2D eigenvalue weighted by Crippen LogP contribution is -2.47. The fraction of sp³-hybridized carbons (Fsp3) is 0.688. The molecule has 1 aromatic heterocycles. The summed E-state index contributed by atoms with van der Waals surface area (Å²) in [6.07, 6.45) is 2.42. The van der Waals surface area contributed by atoms with E-state index in [1.807, 2.05) is 7.05 Å². The van der Waals surface area contributed by atoms with Crippen molar-refractivity contribution in [2.75, 3.05) is 27.7 Å². The number of hydrogen-bond acceptors (Lipinski definition) is 3. The highest BCUT2D eigenvalue weighted by molar-refractivity contribution is 14.0. The second-order valence-electron chi connectivity index (χ2n) is 5.55. The van der Waals surface area contributed by atoms with Crippen LogP contribution in [0.3, 0.4) is 0 Å². The van der Waals surface area contributed by atoms with E-state index in [1.165, 1.54) is 18.4 Å². The largest absolute Gasteiger partial charge is 0.355 e. The minimum absolute atomic E-state index is 0. The van der Waals surface area contributed by atoms with Gasteiger partial charge in [-0.05, 0) is 42.4 Å². The number of nitrogens with zero attached hydrogens (tertiary/aromatic N) is 2. The molecule has 1 rings (SSSR count). The first-order chi connectivity index (χ1) is 10.1. The maximum absolute atomic E-state index is 4.31. The lowest BCUT2D eigenvalue weighted by Gasteiger charge is -2.32. The monoisotopic (exact) mass is 438 g/mol. The van der Waals surface area contributed by atoms with E-state index < -0.39 is 0 Å². The molecule has 0 fully saturated rings. The van der Waals surface area contributed by atoms with Crippen LogP contribution in [-0.2, 0) is 6.54 Å². The Hall–Kier alpha value is -0.340. The maximum Gasteiger partial charge on any atom is 0.191 e. The van der Waals surface area contributed by atoms with Crippen LogP contribution in [0.1, 0.15) is 32.3 Å². The normalized spacial score (nSPS) is 13.1. The van der Waals surface area contributed by atoms with Gasteiger partial charge in [0.1, 0.15) is 0 Å². The molecule has 0 saturated carbocycles. The molecule has 128 valence electrons. The molecule has 0 bridgehead atoms. The first-order valence-corrected chi connectivity index (χ1v) is 8.68. The summed E-state index contributed by atoms with van der Waals surface area (Å²) in [5.41, 5.74) is 1.30. The predicted molar refractivity (Wildman–Crippen MR) is 109 cm³/mol. The van der Waals surface area contributed by atoms with Gasteiger partial charge in [0.2, 0.25) is 0 Å². The van der Waals surface area contributed by atoms with Crippen LogP contribution in [0, 0.1) is 5.92 Å². The van der Waals surface area contributed by atoms with E-state index in [1.54, 1.807) is 11.3 Å². The summed E-state index contributed by atoms with van der Waals surface area (Å²) in [5.74, 6) is 1.58. The molecular formula is C16H31IN4S. The number of thiophene rings is 1. The highest BCUT2D eigenvalue weighted by Crippen LogP contribution is 2.16. The Morgan fingerprint density at radius 1 is 1.27 bits per heavy atom. The maximum atomic E-state index is 4.31. The summed E-state index contributed by atoms with van der Waals surface area (Å²) in [6.45, 7) is 6.28. The van der Waals surface area contributed by atoms with Crippen molar-refractivity contribution < 1.29 is 0 Å². The van der Waals surface area contributed by atoms with E-state index in [-0.39, 0.29) is 24.0 Å². The Bertz CT molecular complexity index is 402. The first kappa shape index (κ1) is 21.7. The second kappa shape index (κ2) is 12.1. The molecule has 0 aliphatic heterocycles. The van der Waals surface area contributed by atoms with Gasteiger partial charge in [-0.25, -0.2) is 0 Å². The van der Waals surface area contributed by atoms with Gasteiger partial charge in [-0.1, -0.05) is 26.7 Å². The second-order valence-corrected chi connectivity index (χ2v) is 6.33. The Balaban J connectivity index is 0.00000441. The van der Waals surface area contributed by atoms with Crippen molar-refractivity contribution in [2.45, 2.75) is 39.3 Å². The minimum atomic E-state index is 0. The van der Waals surface area contributed by atoms with E-state index in [9.17, 15) is 0 Å².